The summed E-state index contributed by atoms with van der Waals surface area (Å²) in [6.45, 7) is 5.01. The lowest BCUT2D eigenvalue weighted by molar-refractivity contribution is -0.122. The minimum absolute atomic E-state index is 0. The predicted molar refractivity (Wildman–Crippen MR) is 89.2 cm³/mol. The average molecular weight is 331 g/mol. The Kier molecular flexibility index (Phi) is 8.76. The van der Waals surface area contributed by atoms with Gasteiger partial charge in [-0.3, -0.25) is 4.79 Å². The molecule has 2 rings (SSSR count). The Balaban J connectivity index is 0.00000220. The van der Waals surface area contributed by atoms with Gasteiger partial charge >= 0.3 is 0 Å². The normalized spacial score (nSPS) is 19.4. The molecule has 1 saturated heterocycles. The van der Waals surface area contributed by atoms with Gasteiger partial charge in [0.25, 0.3) is 0 Å². The number of carbonyl (C=O) groups is 1. The molecule has 6 heteroatoms. The first-order valence-corrected chi connectivity index (χ1v) is 7.91. The lowest BCUT2D eigenvalue weighted by Crippen LogP contribution is -2.44. The Labute approximate surface area is 136 Å². The summed E-state index contributed by atoms with van der Waals surface area (Å²) >= 11 is 1.78. The molecule has 0 radical (unpaired) electrons. The number of nitrogens with one attached hydrogen (secondary N) is 2. The number of ether oxygens (including phenoxy) is 1. The SMILES string of the molecule is CC(CNC(=O)CC1COCCN1)Sc1ccccc1.Cl. The summed E-state index contributed by atoms with van der Waals surface area (Å²) in [4.78, 5) is 13.1. The molecule has 118 valence electrons. The summed E-state index contributed by atoms with van der Waals surface area (Å²) in [7, 11) is 0. The standard InChI is InChI=1S/C15H22N2O2S.ClH/c1-12(20-14-5-3-2-4-6-14)10-17-15(18)9-13-11-19-8-7-16-13;/h2-6,12-13,16H,7-11H2,1H3,(H,17,18);1H. The topological polar surface area (TPSA) is 50.4 Å². The first-order valence-electron chi connectivity index (χ1n) is 7.03. The fourth-order valence-corrected chi connectivity index (χ4v) is 3.02. The number of morpholine rings is 1. The van der Waals surface area contributed by atoms with Crippen molar-refractivity contribution >= 4 is 30.1 Å². The van der Waals surface area contributed by atoms with Crippen LogP contribution < -0.4 is 10.6 Å². The average Bonchev–Trinajstić information content (AvgIpc) is 2.47. The van der Waals surface area contributed by atoms with Gasteiger partial charge in [-0.2, -0.15) is 0 Å². The Morgan fingerprint density at radius 1 is 1.48 bits per heavy atom. The van der Waals surface area contributed by atoms with Crippen LogP contribution in [0.2, 0.25) is 0 Å². The molecule has 4 nitrogen and oxygen atoms in total. The van der Waals surface area contributed by atoms with Crippen LogP contribution in [-0.4, -0.2) is 43.5 Å². The van der Waals surface area contributed by atoms with Crippen LogP contribution in [-0.2, 0) is 9.53 Å². The van der Waals surface area contributed by atoms with Gasteiger partial charge in [0.1, 0.15) is 0 Å². The van der Waals surface area contributed by atoms with E-state index in [-0.39, 0.29) is 24.4 Å². The van der Waals surface area contributed by atoms with Crippen molar-refractivity contribution in [3.05, 3.63) is 30.3 Å². The van der Waals surface area contributed by atoms with Gasteiger partial charge in [-0.25, -0.2) is 0 Å². The Bertz CT molecular complexity index is 413. The van der Waals surface area contributed by atoms with Crippen LogP contribution in [0.5, 0.6) is 0 Å². The molecule has 1 heterocycles. The molecule has 1 aromatic rings. The molecule has 0 spiro atoms. The van der Waals surface area contributed by atoms with Crippen LogP contribution in [0.3, 0.4) is 0 Å². The first kappa shape index (κ1) is 18.3. The minimum Gasteiger partial charge on any atom is -0.378 e. The van der Waals surface area contributed by atoms with Crippen molar-refractivity contribution in [2.75, 3.05) is 26.3 Å². The highest BCUT2D eigenvalue weighted by molar-refractivity contribution is 8.00. The zero-order valence-electron chi connectivity index (χ0n) is 12.2. The molecule has 0 aromatic heterocycles. The maximum absolute atomic E-state index is 11.9. The number of halogens is 1. The number of rotatable bonds is 6. The van der Waals surface area contributed by atoms with Gasteiger partial charge in [0.15, 0.2) is 0 Å². The Hall–Kier alpha value is -0.750. The minimum atomic E-state index is 0. The van der Waals surface area contributed by atoms with E-state index in [9.17, 15) is 4.79 Å². The van der Waals surface area contributed by atoms with E-state index in [1.807, 2.05) is 18.2 Å². The zero-order valence-corrected chi connectivity index (χ0v) is 13.8. The maximum Gasteiger partial charge on any atom is 0.221 e. The molecule has 0 aliphatic carbocycles. The third-order valence-corrected chi connectivity index (χ3v) is 4.21. The van der Waals surface area contributed by atoms with Gasteiger partial charge in [0.05, 0.1) is 13.2 Å². The summed E-state index contributed by atoms with van der Waals surface area (Å²) in [5.74, 6) is 0.0912. The molecule has 0 bridgehead atoms. The second kappa shape index (κ2) is 10.1. The monoisotopic (exact) mass is 330 g/mol. The lowest BCUT2D eigenvalue weighted by atomic mass is 10.2. The van der Waals surface area contributed by atoms with Gasteiger partial charge in [0, 0.05) is 35.7 Å². The summed E-state index contributed by atoms with van der Waals surface area (Å²) in [5.41, 5.74) is 0. The van der Waals surface area contributed by atoms with E-state index in [1.54, 1.807) is 11.8 Å². The van der Waals surface area contributed by atoms with E-state index < -0.39 is 0 Å². The number of hydrogen-bond acceptors (Lipinski definition) is 4. The molecule has 1 amide bonds. The first-order chi connectivity index (χ1) is 9.74. The number of carbonyl (C=O) groups excluding carboxylic acids is 1. The van der Waals surface area contributed by atoms with E-state index in [0.29, 0.717) is 24.8 Å². The highest BCUT2D eigenvalue weighted by Crippen LogP contribution is 2.21. The van der Waals surface area contributed by atoms with E-state index >= 15 is 0 Å². The number of benzene rings is 1. The van der Waals surface area contributed by atoms with Crippen LogP contribution in [0.15, 0.2) is 35.2 Å². The molecule has 0 saturated carbocycles. The van der Waals surface area contributed by atoms with Crippen LogP contribution in [0.1, 0.15) is 13.3 Å². The smallest absolute Gasteiger partial charge is 0.221 e. The molecule has 2 unspecified atom stereocenters. The van der Waals surface area contributed by atoms with E-state index in [2.05, 4.69) is 29.7 Å². The predicted octanol–water partition coefficient (Wildman–Crippen LogP) is 2.08. The van der Waals surface area contributed by atoms with Crippen LogP contribution in [0.4, 0.5) is 0 Å². The molecule has 1 fully saturated rings. The molecule has 21 heavy (non-hydrogen) atoms. The lowest BCUT2D eigenvalue weighted by Gasteiger charge is -2.23. The van der Waals surface area contributed by atoms with Gasteiger partial charge in [-0.05, 0) is 12.1 Å². The molecule has 1 aliphatic rings. The van der Waals surface area contributed by atoms with Crippen molar-refractivity contribution in [3.63, 3.8) is 0 Å². The summed E-state index contributed by atoms with van der Waals surface area (Å²) in [5, 5.41) is 6.64. The fraction of sp³-hybridized carbons (Fsp3) is 0.533. The molecular formula is C15H23ClN2O2S. The van der Waals surface area contributed by atoms with Crippen molar-refractivity contribution < 1.29 is 9.53 Å². The largest absolute Gasteiger partial charge is 0.378 e. The van der Waals surface area contributed by atoms with Crippen molar-refractivity contribution in [3.8, 4) is 0 Å². The van der Waals surface area contributed by atoms with E-state index in [0.717, 1.165) is 13.2 Å². The molecule has 2 atom stereocenters. The molecule has 1 aromatic carbocycles. The number of hydrogen-bond donors (Lipinski definition) is 2. The van der Waals surface area contributed by atoms with E-state index in [4.69, 9.17) is 4.74 Å². The van der Waals surface area contributed by atoms with Gasteiger partial charge in [0.2, 0.25) is 5.91 Å². The molecular weight excluding hydrogens is 308 g/mol. The van der Waals surface area contributed by atoms with Crippen molar-refractivity contribution in [2.45, 2.75) is 29.5 Å². The molecule has 2 N–H and O–H groups in total. The van der Waals surface area contributed by atoms with Crippen LogP contribution in [0, 0.1) is 0 Å². The van der Waals surface area contributed by atoms with Crippen molar-refractivity contribution in [1.82, 2.24) is 10.6 Å². The summed E-state index contributed by atoms with van der Waals surface area (Å²) in [6, 6.07) is 10.4. The molecule has 1 aliphatic heterocycles. The third-order valence-electron chi connectivity index (χ3n) is 3.10. The number of amides is 1. The summed E-state index contributed by atoms with van der Waals surface area (Å²) in [6.07, 6.45) is 0.489. The third kappa shape index (κ3) is 7.18. The van der Waals surface area contributed by atoms with Crippen LogP contribution in [0.25, 0.3) is 0 Å². The Morgan fingerprint density at radius 2 is 2.24 bits per heavy atom. The highest BCUT2D eigenvalue weighted by Gasteiger charge is 2.17. The van der Waals surface area contributed by atoms with Crippen LogP contribution >= 0.6 is 24.2 Å². The zero-order chi connectivity index (χ0) is 14.2. The summed E-state index contributed by atoms with van der Waals surface area (Å²) < 4.78 is 5.34. The van der Waals surface area contributed by atoms with Gasteiger partial charge < -0.3 is 15.4 Å². The van der Waals surface area contributed by atoms with Gasteiger partial charge in [-0.1, -0.05) is 25.1 Å². The fourth-order valence-electron chi connectivity index (χ4n) is 2.08. The maximum atomic E-state index is 11.9. The second-order valence-electron chi connectivity index (χ2n) is 4.98. The number of thioether (sulfide) groups is 1. The quantitative estimate of drug-likeness (QED) is 0.784. The van der Waals surface area contributed by atoms with Crippen molar-refractivity contribution in [2.24, 2.45) is 0 Å². The Morgan fingerprint density at radius 3 is 2.90 bits per heavy atom. The van der Waals surface area contributed by atoms with Crippen molar-refractivity contribution in [1.29, 1.82) is 0 Å². The van der Waals surface area contributed by atoms with Gasteiger partial charge in [-0.15, -0.1) is 24.2 Å². The highest BCUT2D eigenvalue weighted by atomic mass is 35.5. The second-order valence-corrected chi connectivity index (χ2v) is 6.49. The van der Waals surface area contributed by atoms with E-state index in [1.165, 1.54) is 4.90 Å².